The van der Waals surface area contributed by atoms with Crippen LogP contribution in [0.1, 0.15) is 37.3 Å². The minimum Gasteiger partial charge on any atom is -0.378 e. The number of carbonyl (C=O) groups is 1. The molecule has 116 valence electrons. The molecule has 3 rings (SSSR count). The van der Waals surface area contributed by atoms with Crippen LogP contribution >= 0.6 is 11.8 Å². The van der Waals surface area contributed by atoms with Gasteiger partial charge in [0.15, 0.2) is 0 Å². The number of hydrogen-bond donors (Lipinski definition) is 0. The van der Waals surface area contributed by atoms with Gasteiger partial charge in [0.1, 0.15) is 5.82 Å². The average molecular weight is 309 g/mol. The van der Waals surface area contributed by atoms with Crippen molar-refractivity contribution in [3.63, 3.8) is 0 Å². The molecular formula is C15H23N3O2S. The Labute approximate surface area is 130 Å². The first-order valence-electron chi connectivity index (χ1n) is 7.64. The zero-order valence-electron chi connectivity index (χ0n) is 12.7. The zero-order valence-corrected chi connectivity index (χ0v) is 13.6. The number of ether oxygens (including phenoxy) is 1. The zero-order chi connectivity index (χ0) is 14.8. The number of fused-ring (bicyclic) bond motifs is 1. The highest BCUT2D eigenvalue weighted by Gasteiger charge is 2.34. The molecule has 0 N–H and O–H groups in total. The van der Waals surface area contributed by atoms with Gasteiger partial charge in [-0.1, -0.05) is 0 Å². The number of thioether (sulfide) groups is 1. The SMILES string of the molecule is COCc1cnc2n1CCN(C(=O)C1CCSCC1)[C@H]2C. The van der Waals surface area contributed by atoms with Crippen LogP contribution in [-0.4, -0.2) is 45.5 Å². The molecule has 21 heavy (non-hydrogen) atoms. The van der Waals surface area contributed by atoms with Crippen LogP contribution in [0.15, 0.2) is 6.20 Å². The van der Waals surface area contributed by atoms with E-state index in [0.29, 0.717) is 12.5 Å². The second-order valence-corrected chi connectivity index (χ2v) is 7.01. The van der Waals surface area contributed by atoms with Crippen molar-refractivity contribution in [2.75, 3.05) is 25.2 Å². The maximum atomic E-state index is 12.8. The third-order valence-corrected chi connectivity index (χ3v) is 5.57. The van der Waals surface area contributed by atoms with Crippen molar-refractivity contribution in [3.8, 4) is 0 Å². The third kappa shape index (κ3) is 2.83. The lowest BCUT2D eigenvalue weighted by Crippen LogP contribution is -2.45. The van der Waals surface area contributed by atoms with Crippen molar-refractivity contribution in [2.24, 2.45) is 5.92 Å². The molecule has 0 saturated carbocycles. The van der Waals surface area contributed by atoms with Crippen LogP contribution in [0.2, 0.25) is 0 Å². The molecule has 1 fully saturated rings. The summed E-state index contributed by atoms with van der Waals surface area (Å²) in [4.78, 5) is 19.3. The minimum absolute atomic E-state index is 0.0615. The first-order chi connectivity index (χ1) is 10.2. The third-order valence-electron chi connectivity index (χ3n) is 4.52. The molecule has 1 aromatic heterocycles. The van der Waals surface area contributed by atoms with E-state index in [1.165, 1.54) is 0 Å². The largest absolute Gasteiger partial charge is 0.378 e. The van der Waals surface area contributed by atoms with E-state index in [-0.39, 0.29) is 12.0 Å². The van der Waals surface area contributed by atoms with Gasteiger partial charge in [0.05, 0.1) is 24.5 Å². The number of imidazole rings is 1. The highest BCUT2D eigenvalue weighted by atomic mass is 32.2. The second kappa shape index (κ2) is 6.40. The van der Waals surface area contributed by atoms with Crippen molar-refractivity contribution in [1.82, 2.24) is 14.5 Å². The number of nitrogens with zero attached hydrogens (tertiary/aromatic N) is 3. The van der Waals surface area contributed by atoms with Gasteiger partial charge in [0.2, 0.25) is 5.91 Å². The van der Waals surface area contributed by atoms with Crippen molar-refractivity contribution >= 4 is 17.7 Å². The van der Waals surface area contributed by atoms with Crippen LogP contribution in [0.25, 0.3) is 0 Å². The fraction of sp³-hybridized carbons (Fsp3) is 0.733. The van der Waals surface area contributed by atoms with Gasteiger partial charge in [-0.25, -0.2) is 4.98 Å². The summed E-state index contributed by atoms with van der Waals surface area (Å²) in [5, 5.41) is 0. The number of rotatable bonds is 3. The Hall–Kier alpha value is -1.01. The molecular weight excluding hydrogens is 286 g/mol. The van der Waals surface area contributed by atoms with Gasteiger partial charge in [-0.05, 0) is 31.3 Å². The predicted octanol–water partition coefficient (Wildman–Crippen LogP) is 2.08. The molecule has 3 heterocycles. The first kappa shape index (κ1) is 14.9. The van der Waals surface area contributed by atoms with Crippen molar-refractivity contribution in [1.29, 1.82) is 0 Å². The van der Waals surface area contributed by atoms with E-state index in [2.05, 4.69) is 16.5 Å². The maximum Gasteiger partial charge on any atom is 0.226 e. The van der Waals surface area contributed by atoms with Gasteiger partial charge >= 0.3 is 0 Å². The van der Waals surface area contributed by atoms with Crippen LogP contribution in [0.4, 0.5) is 0 Å². The van der Waals surface area contributed by atoms with Gasteiger partial charge in [-0.2, -0.15) is 11.8 Å². The monoisotopic (exact) mass is 309 g/mol. The lowest BCUT2D eigenvalue weighted by atomic mass is 9.99. The molecule has 0 spiro atoms. The first-order valence-corrected chi connectivity index (χ1v) is 8.79. The Morgan fingerprint density at radius 1 is 1.43 bits per heavy atom. The smallest absolute Gasteiger partial charge is 0.226 e. The Morgan fingerprint density at radius 2 is 2.19 bits per heavy atom. The summed E-state index contributed by atoms with van der Waals surface area (Å²) in [5.41, 5.74) is 1.10. The van der Waals surface area contributed by atoms with Crippen LogP contribution in [-0.2, 0) is 22.7 Å². The average Bonchev–Trinajstić information content (AvgIpc) is 2.92. The van der Waals surface area contributed by atoms with Gasteiger partial charge in [-0.15, -0.1) is 0 Å². The fourth-order valence-electron chi connectivity index (χ4n) is 3.30. The standard InChI is InChI=1S/C15H23N3O2S/c1-11-14-16-9-13(10-20-2)18(14)6-5-17(11)15(19)12-3-7-21-8-4-12/h9,11-12H,3-8,10H2,1-2H3/t11-/m0/s1. The van der Waals surface area contributed by atoms with Crippen molar-refractivity contribution in [3.05, 3.63) is 17.7 Å². The Balaban J connectivity index is 1.75. The minimum atomic E-state index is 0.0615. The molecule has 0 radical (unpaired) electrons. The highest BCUT2D eigenvalue weighted by Crippen LogP contribution is 2.30. The topological polar surface area (TPSA) is 47.4 Å². The molecule has 0 bridgehead atoms. The second-order valence-electron chi connectivity index (χ2n) is 5.79. The molecule has 1 atom stereocenters. The van der Waals surface area contributed by atoms with Gasteiger partial charge in [0, 0.05) is 26.1 Å². The molecule has 1 amide bonds. The van der Waals surface area contributed by atoms with E-state index in [1.54, 1.807) is 7.11 Å². The van der Waals surface area contributed by atoms with E-state index < -0.39 is 0 Å². The molecule has 2 aliphatic heterocycles. The maximum absolute atomic E-state index is 12.8. The predicted molar refractivity (Wildman–Crippen MR) is 83.1 cm³/mol. The van der Waals surface area contributed by atoms with E-state index in [4.69, 9.17) is 4.74 Å². The number of aromatic nitrogens is 2. The summed E-state index contributed by atoms with van der Waals surface area (Å²) in [6.45, 7) is 4.27. The lowest BCUT2D eigenvalue weighted by molar-refractivity contribution is -0.139. The summed E-state index contributed by atoms with van der Waals surface area (Å²) in [6, 6.07) is 0.0615. The number of methoxy groups -OCH3 is 1. The fourth-order valence-corrected chi connectivity index (χ4v) is 4.41. The molecule has 6 heteroatoms. The number of carbonyl (C=O) groups excluding carboxylic acids is 1. The molecule has 1 saturated heterocycles. The van der Waals surface area contributed by atoms with Crippen molar-refractivity contribution in [2.45, 2.75) is 39.0 Å². The summed E-state index contributed by atoms with van der Waals surface area (Å²) in [5.74, 6) is 3.77. The Kier molecular flexibility index (Phi) is 4.54. The summed E-state index contributed by atoms with van der Waals surface area (Å²) in [7, 11) is 1.70. The molecule has 0 aromatic carbocycles. The number of hydrogen-bond acceptors (Lipinski definition) is 4. The highest BCUT2D eigenvalue weighted by molar-refractivity contribution is 7.99. The van der Waals surface area contributed by atoms with Crippen LogP contribution in [0.5, 0.6) is 0 Å². The number of amides is 1. The lowest BCUT2D eigenvalue weighted by Gasteiger charge is -2.37. The van der Waals surface area contributed by atoms with Crippen LogP contribution < -0.4 is 0 Å². The van der Waals surface area contributed by atoms with Crippen LogP contribution in [0, 0.1) is 5.92 Å². The molecule has 0 aliphatic carbocycles. The summed E-state index contributed by atoms with van der Waals surface area (Å²) in [6.07, 6.45) is 3.92. The summed E-state index contributed by atoms with van der Waals surface area (Å²) >= 11 is 1.96. The van der Waals surface area contributed by atoms with E-state index >= 15 is 0 Å². The van der Waals surface area contributed by atoms with E-state index in [1.807, 2.05) is 22.9 Å². The van der Waals surface area contributed by atoms with E-state index in [9.17, 15) is 4.79 Å². The summed E-state index contributed by atoms with van der Waals surface area (Å²) < 4.78 is 7.42. The normalized spacial score (nSPS) is 23.1. The molecule has 5 nitrogen and oxygen atoms in total. The molecule has 2 aliphatic rings. The van der Waals surface area contributed by atoms with Crippen molar-refractivity contribution < 1.29 is 9.53 Å². The van der Waals surface area contributed by atoms with Gasteiger partial charge < -0.3 is 14.2 Å². The van der Waals surface area contributed by atoms with Gasteiger partial charge in [-0.3, -0.25) is 4.79 Å². The van der Waals surface area contributed by atoms with Crippen LogP contribution in [0.3, 0.4) is 0 Å². The Morgan fingerprint density at radius 3 is 2.90 bits per heavy atom. The quantitative estimate of drug-likeness (QED) is 0.857. The molecule has 1 aromatic rings. The van der Waals surface area contributed by atoms with Gasteiger partial charge in [0.25, 0.3) is 0 Å². The molecule has 0 unspecified atom stereocenters. The Bertz CT molecular complexity index is 511. The van der Waals surface area contributed by atoms with E-state index in [0.717, 1.165) is 49.0 Å².